The second-order valence-electron chi connectivity index (χ2n) is 4.88. The van der Waals surface area contributed by atoms with Crippen LogP contribution in [0.4, 0.5) is 20.7 Å². The number of urea groups is 1. The van der Waals surface area contributed by atoms with Crippen molar-refractivity contribution in [2.75, 3.05) is 10.6 Å². The number of amides is 2. The van der Waals surface area contributed by atoms with Crippen LogP contribution in [-0.4, -0.2) is 11.0 Å². The average Bonchev–Trinajstić information content (AvgIpc) is 2.57. The number of nitrogens with one attached hydrogen (secondary N) is 2. The third kappa shape index (κ3) is 4.30. The molecular weight excluding hydrogens is 309 g/mol. The molecule has 0 aliphatic heterocycles. The van der Waals surface area contributed by atoms with E-state index in [0.717, 1.165) is 0 Å². The topological polar surface area (TPSA) is 63.2 Å². The average molecular weight is 323 g/mol. The van der Waals surface area contributed by atoms with Gasteiger partial charge in [-0.15, -0.1) is 0 Å². The summed E-state index contributed by atoms with van der Waals surface area (Å²) in [7, 11) is 0. The molecule has 0 bridgehead atoms. The number of benzene rings is 2. The smallest absolute Gasteiger partial charge is 0.324 e. The Balaban J connectivity index is 1.59. The van der Waals surface area contributed by atoms with Gasteiger partial charge in [0.1, 0.15) is 23.1 Å². The molecule has 2 aromatic carbocycles. The van der Waals surface area contributed by atoms with Crippen LogP contribution >= 0.6 is 0 Å². The first-order valence-corrected chi connectivity index (χ1v) is 7.21. The van der Waals surface area contributed by atoms with Gasteiger partial charge in [-0.3, -0.25) is 5.32 Å². The number of carbonyl (C=O) groups excluding carboxylic acids is 1. The van der Waals surface area contributed by atoms with Crippen molar-refractivity contribution in [1.29, 1.82) is 0 Å². The molecule has 3 rings (SSSR count). The van der Waals surface area contributed by atoms with E-state index in [9.17, 15) is 9.18 Å². The standard InChI is InChI=1S/C18H14FN3O2/c19-13-4-3-5-16(12-13)24-15-9-7-14(8-10-15)21-18(23)22-17-6-1-2-11-20-17/h1-12H,(H2,20,21,22,23). The van der Waals surface area contributed by atoms with Crippen LogP contribution in [0.3, 0.4) is 0 Å². The van der Waals surface area contributed by atoms with Crippen LogP contribution < -0.4 is 15.4 Å². The normalized spacial score (nSPS) is 10.0. The Morgan fingerprint density at radius 2 is 1.75 bits per heavy atom. The summed E-state index contributed by atoms with van der Waals surface area (Å²) in [6, 6.07) is 17.5. The largest absolute Gasteiger partial charge is 0.457 e. The molecule has 5 nitrogen and oxygen atoms in total. The lowest BCUT2D eigenvalue weighted by atomic mass is 10.3. The second kappa shape index (κ2) is 7.23. The first-order valence-electron chi connectivity index (χ1n) is 7.21. The molecule has 0 saturated heterocycles. The molecule has 1 aromatic heterocycles. The van der Waals surface area contributed by atoms with Crippen molar-refractivity contribution in [3.05, 3.63) is 78.7 Å². The summed E-state index contributed by atoms with van der Waals surface area (Å²) in [5, 5.41) is 5.30. The summed E-state index contributed by atoms with van der Waals surface area (Å²) in [5.74, 6) is 1.04. The highest BCUT2D eigenvalue weighted by atomic mass is 19.1. The minimum Gasteiger partial charge on any atom is -0.457 e. The summed E-state index contributed by atoms with van der Waals surface area (Å²) in [5.41, 5.74) is 0.593. The van der Waals surface area contributed by atoms with Crippen molar-refractivity contribution >= 4 is 17.5 Å². The number of rotatable bonds is 4. The maximum absolute atomic E-state index is 13.1. The lowest BCUT2D eigenvalue weighted by Crippen LogP contribution is -2.19. The predicted octanol–water partition coefficient (Wildman–Crippen LogP) is 4.66. The van der Waals surface area contributed by atoms with E-state index >= 15 is 0 Å². The quantitative estimate of drug-likeness (QED) is 0.734. The third-order valence-corrected chi connectivity index (χ3v) is 3.05. The van der Waals surface area contributed by atoms with Gasteiger partial charge in [0.25, 0.3) is 0 Å². The minimum atomic E-state index is -0.396. The van der Waals surface area contributed by atoms with Gasteiger partial charge in [-0.25, -0.2) is 14.2 Å². The summed E-state index contributed by atoms with van der Waals surface area (Å²) < 4.78 is 18.7. The van der Waals surface area contributed by atoms with Gasteiger partial charge in [0.2, 0.25) is 0 Å². The molecule has 120 valence electrons. The zero-order valence-corrected chi connectivity index (χ0v) is 12.6. The first kappa shape index (κ1) is 15.5. The highest BCUT2D eigenvalue weighted by molar-refractivity contribution is 5.99. The van der Waals surface area contributed by atoms with Crippen molar-refractivity contribution in [3.8, 4) is 11.5 Å². The predicted molar refractivity (Wildman–Crippen MR) is 89.8 cm³/mol. The molecule has 0 aliphatic rings. The number of hydrogen-bond donors (Lipinski definition) is 2. The van der Waals surface area contributed by atoms with Crippen LogP contribution in [0, 0.1) is 5.82 Å². The Labute approximate surface area is 138 Å². The Morgan fingerprint density at radius 1 is 0.917 bits per heavy atom. The zero-order valence-electron chi connectivity index (χ0n) is 12.6. The van der Waals surface area contributed by atoms with Gasteiger partial charge in [0, 0.05) is 18.0 Å². The molecule has 0 radical (unpaired) electrons. The maximum atomic E-state index is 13.1. The van der Waals surface area contributed by atoms with Crippen molar-refractivity contribution in [2.24, 2.45) is 0 Å². The zero-order chi connectivity index (χ0) is 16.8. The Kier molecular flexibility index (Phi) is 4.67. The van der Waals surface area contributed by atoms with Crippen LogP contribution in [0.2, 0.25) is 0 Å². The van der Waals surface area contributed by atoms with Crippen LogP contribution in [0.5, 0.6) is 11.5 Å². The molecule has 3 aromatic rings. The van der Waals surface area contributed by atoms with Gasteiger partial charge < -0.3 is 10.1 Å². The van der Waals surface area contributed by atoms with E-state index in [-0.39, 0.29) is 5.82 Å². The third-order valence-electron chi connectivity index (χ3n) is 3.05. The molecule has 24 heavy (non-hydrogen) atoms. The Bertz CT molecular complexity index is 823. The number of halogens is 1. The molecule has 6 heteroatoms. The lowest BCUT2D eigenvalue weighted by molar-refractivity contribution is 0.262. The molecule has 0 unspecified atom stereocenters. The summed E-state index contributed by atoms with van der Waals surface area (Å²) in [6.45, 7) is 0. The van der Waals surface area contributed by atoms with Crippen LogP contribution in [0.25, 0.3) is 0 Å². The number of carbonyl (C=O) groups is 1. The van der Waals surface area contributed by atoms with Gasteiger partial charge in [0.05, 0.1) is 0 Å². The van der Waals surface area contributed by atoms with E-state index in [2.05, 4.69) is 15.6 Å². The van der Waals surface area contributed by atoms with Crippen LogP contribution in [0.1, 0.15) is 0 Å². The maximum Gasteiger partial charge on any atom is 0.324 e. The van der Waals surface area contributed by atoms with Crippen LogP contribution in [-0.2, 0) is 0 Å². The van der Waals surface area contributed by atoms with Gasteiger partial charge in [-0.1, -0.05) is 12.1 Å². The number of hydrogen-bond acceptors (Lipinski definition) is 3. The summed E-state index contributed by atoms with van der Waals surface area (Å²) in [4.78, 5) is 15.9. The van der Waals surface area contributed by atoms with Crippen molar-refractivity contribution < 1.29 is 13.9 Å². The highest BCUT2D eigenvalue weighted by Crippen LogP contribution is 2.23. The lowest BCUT2D eigenvalue weighted by Gasteiger charge is -2.09. The fraction of sp³-hybridized carbons (Fsp3) is 0. The van der Waals surface area contributed by atoms with E-state index in [1.54, 1.807) is 60.8 Å². The van der Waals surface area contributed by atoms with Gasteiger partial charge in [-0.05, 0) is 48.5 Å². The van der Waals surface area contributed by atoms with Gasteiger partial charge >= 0.3 is 6.03 Å². The number of ether oxygens (including phenoxy) is 1. The van der Waals surface area contributed by atoms with Crippen molar-refractivity contribution in [3.63, 3.8) is 0 Å². The molecule has 0 spiro atoms. The summed E-state index contributed by atoms with van der Waals surface area (Å²) >= 11 is 0. The number of anilines is 2. The molecule has 0 atom stereocenters. The molecule has 0 fully saturated rings. The van der Waals surface area contributed by atoms with Crippen molar-refractivity contribution in [1.82, 2.24) is 4.98 Å². The van der Waals surface area contributed by atoms with Gasteiger partial charge in [-0.2, -0.15) is 0 Å². The molecule has 2 N–H and O–H groups in total. The molecule has 0 aliphatic carbocycles. The fourth-order valence-corrected chi connectivity index (χ4v) is 1.99. The molecule has 0 saturated carbocycles. The van der Waals surface area contributed by atoms with Gasteiger partial charge in [0.15, 0.2) is 0 Å². The molecular formula is C18H14FN3O2. The number of pyridine rings is 1. The highest BCUT2D eigenvalue weighted by Gasteiger charge is 2.04. The SMILES string of the molecule is O=C(Nc1ccc(Oc2cccc(F)c2)cc1)Nc1ccccn1. The monoisotopic (exact) mass is 323 g/mol. The van der Waals surface area contributed by atoms with E-state index in [4.69, 9.17) is 4.74 Å². The number of nitrogens with zero attached hydrogens (tertiary/aromatic N) is 1. The first-order chi connectivity index (χ1) is 11.7. The van der Waals surface area contributed by atoms with E-state index < -0.39 is 6.03 Å². The molecule has 2 amide bonds. The Hall–Kier alpha value is -3.41. The van der Waals surface area contributed by atoms with E-state index in [1.807, 2.05) is 0 Å². The van der Waals surface area contributed by atoms with E-state index in [0.29, 0.717) is 23.0 Å². The second-order valence-corrected chi connectivity index (χ2v) is 4.88. The minimum absolute atomic E-state index is 0.364. The van der Waals surface area contributed by atoms with Crippen molar-refractivity contribution in [2.45, 2.75) is 0 Å². The van der Waals surface area contributed by atoms with E-state index in [1.165, 1.54) is 12.1 Å². The summed E-state index contributed by atoms with van der Waals surface area (Å²) in [6.07, 6.45) is 1.59. The Morgan fingerprint density at radius 3 is 2.46 bits per heavy atom. The fourth-order valence-electron chi connectivity index (χ4n) is 1.99. The van der Waals surface area contributed by atoms with Crippen LogP contribution in [0.15, 0.2) is 72.9 Å². The molecule has 1 heterocycles. The number of aromatic nitrogens is 1.